The molecule has 4 heteroatoms. The smallest absolute Gasteiger partial charge is 0.309 e. The summed E-state index contributed by atoms with van der Waals surface area (Å²) < 4.78 is 9.82. The Bertz CT molecular complexity index is 511. The third kappa shape index (κ3) is 5.17. The van der Waals surface area contributed by atoms with E-state index in [4.69, 9.17) is 9.47 Å². The molecule has 0 aromatic heterocycles. The van der Waals surface area contributed by atoms with Gasteiger partial charge < -0.3 is 9.47 Å². The van der Waals surface area contributed by atoms with Crippen molar-refractivity contribution < 1.29 is 19.1 Å². The number of esters is 2. The maximum absolute atomic E-state index is 12.0. The Kier molecular flexibility index (Phi) is 7.09. The molecule has 22 heavy (non-hydrogen) atoms. The minimum absolute atomic E-state index is 0.234. The molecule has 0 N–H and O–H groups in total. The third-order valence-electron chi connectivity index (χ3n) is 3.83. The predicted molar refractivity (Wildman–Crippen MR) is 85.7 cm³/mol. The van der Waals surface area contributed by atoms with Gasteiger partial charge in [-0.15, -0.1) is 0 Å². The van der Waals surface area contributed by atoms with Gasteiger partial charge in [-0.3, -0.25) is 9.59 Å². The van der Waals surface area contributed by atoms with Crippen molar-refractivity contribution in [1.82, 2.24) is 0 Å². The van der Waals surface area contributed by atoms with Gasteiger partial charge in [-0.2, -0.15) is 0 Å². The summed E-state index contributed by atoms with van der Waals surface area (Å²) in [4.78, 5) is 23.5. The standard InChI is InChI=1S/C18H26O4/c1-6-22-17(19)8-7-15(18(20)21-5)11-16-13(3)9-12(2)10-14(16)4/h9-10,15H,6-8,11H2,1-5H3. The average Bonchev–Trinajstić information content (AvgIpc) is 2.45. The van der Waals surface area contributed by atoms with E-state index in [0.29, 0.717) is 19.4 Å². The maximum Gasteiger partial charge on any atom is 0.309 e. The number of carbonyl (C=O) groups excluding carboxylic acids is 2. The molecule has 0 radical (unpaired) electrons. The van der Waals surface area contributed by atoms with Crippen LogP contribution >= 0.6 is 0 Å². The van der Waals surface area contributed by atoms with Crippen LogP contribution in [0.5, 0.6) is 0 Å². The first-order chi connectivity index (χ1) is 10.4. The summed E-state index contributed by atoms with van der Waals surface area (Å²) in [6, 6.07) is 4.23. The summed E-state index contributed by atoms with van der Waals surface area (Å²) in [5.74, 6) is -0.869. The fraction of sp³-hybridized carbons (Fsp3) is 0.556. The zero-order valence-corrected chi connectivity index (χ0v) is 14.2. The van der Waals surface area contributed by atoms with Gasteiger partial charge in [-0.05, 0) is 57.2 Å². The van der Waals surface area contributed by atoms with Crippen LogP contribution in [0.3, 0.4) is 0 Å². The quantitative estimate of drug-likeness (QED) is 0.725. The lowest BCUT2D eigenvalue weighted by Gasteiger charge is -2.18. The van der Waals surface area contributed by atoms with Crippen LogP contribution in [0.25, 0.3) is 0 Å². The molecule has 1 aromatic rings. The van der Waals surface area contributed by atoms with Crippen LogP contribution in [-0.2, 0) is 25.5 Å². The van der Waals surface area contributed by atoms with Crippen molar-refractivity contribution in [3.63, 3.8) is 0 Å². The van der Waals surface area contributed by atoms with E-state index >= 15 is 0 Å². The summed E-state index contributed by atoms with van der Waals surface area (Å²) in [5, 5.41) is 0. The fourth-order valence-corrected chi connectivity index (χ4v) is 2.77. The lowest BCUT2D eigenvalue weighted by Crippen LogP contribution is -2.21. The first-order valence-electron chi connectivity index (χ1n) is 7.69. The number of benzene rings is 1. The van der Waals surface area contributed by atoms with Crippen molar-refractivity contribution in [1.29, 1.82) is 0 Å². The molecule has 0 spiro atoms. The second kappa shape index (κ2) is 8.57. The summed E-state index contributed by atoms with van der Waals surface area (Å²) in [6.45, 7) is 8.29. The molecule has 1 aromatic carbocycles. The van der Waals surface area contributed by atoms with E-state index in [0.717, 1.165) is 5.56 Å². The Balaban J connectivity index is 2.86. The van der Waals surface area contributed by atoms with Crippen molar-refractivity contribution in [3.8, 4) is 0 Å². The minimum atomic E-state index is -0.325. The van der Waals surface area contributed by atoms with Gasteiger partial charge in [0, 0.05) is 6.42 Å². The molecule has 0 heterocycles. The molecule has 1 atom stereocenters. The molecule has 0 saturated carbocycles. The second-order valence-corrected chi connectivity index (χ2v) is 5.65. The molecule has 0 aliphatic rings. The van der Waals surface area contributed by atoms with Crippen LogP contribution in [0.15, 0.2) is 12.1 Å². The molecule has 0 fully saturated rings. The highest BCUT2D eigenvalue weighted by Crippen LogP contribution is 2.23. The summed E-state index contributed by atoms with van der Waals surface area (Å²) >= 11 is 0. The minimum Gasteiger partial charge on any atom is -0.469 e. The highest BCUT2D eigenvalue weighted by molar-refractivity contribution is 5.75. The van der Waals surface area contributed by atoms with Gasteiger partial charge in [0.15, 0.2) is 0 Å². The Hall–Kier alpha value is -1.84. The molecule has 0 aliphatic carbocycles. The lowest BCUT2D eigenvalue weighted by atomic mass is 9.89. The lowest BCUT2D eigenvalue weighted by molar-refractivity contribution is -0.147. The van der Waals surface area contributed by atoms with E-state index in [-0.39, 0.29) is 24.3 Å². The van der Waals surface area contributed by atoms with Crippen molar-refractivity contribution in [2.75, 3.05) is 13.7 Å². The highest BCUT2D eigenvalue weighted by Gasteiger charge is 2.22. The van der Waals surface area contributed by atoms with Crippen molar-refractivity contribution in [2.24, 2.45) is 5.92 Å². The zero-order valence-electron chi connectivity index (χ0n) is 14.2. The number of hydrogen-bond donors (Lipinski definition) is 0. The number of hydrogen-bond acceptors (Lipinski definition) is 4. The zero-order chi connectivity index (χ0) is 16.7. The average molecular weight is 306 g/mol. The van der Waals surface area contributed by atoms with Gasteiger partial charge in [-0.25, -0.2) is 0 Å². The Morgan fingerprint density at radius 1 is 1.14 bits per heavy atom. The molecular weight excluding hydrogens is 280 g/mol. The molecule has 0 aliphatic heterocycles. The van der Waals surface area contributed by atoms with E-state index in [9.17, 15) is 9.59 Å². The SMILES string of the molecule is CCOC(=O)CCC(Cc1c(C)cc(C)cc1C)C(=O)OC. The molecule has 122 valence electrons. The van der Waals surface area contributed by atoms with Gasteiger partial charge in [0.1, 0.15) is 0 Å². The van der Waals surface area contributed by atoms with E-state index in [1.807, 2.05) is 0 Å². The molecule has 4 nitrogen and oxygen atoms in total. The van der Waals surface area contributed by atoms with Gasteiger partial charge in [0.2, 0.25) is 0 Å². The van der Waals surface area contributed by atoms with E-state index in [1.165, 1.54) is 23.8 Å². The number of ether oxygens (including phenoxy) is 2. The summed E-state index contributed by atoms with van der Waals surface area (Å²) in [6.07, 6.45) is 1.26. The Labute approximate surface area is 132 Å². The maximum atomic E-state index is 12.0. The van der Waals surface area contributed by atoms with Crippen LogP contribution in [0.2, 0.25) is 0 Å². The Morgan fingerprint density at radius 3 is 2.23 bits per heavy atom. The molecule has 0 amide bonds. The first kappa shape index (κ1) is 18.2. The van der Waals surface area contributed by atoms with E-state index in [1.54, 1.807) is 6.92 Å². The van der Waals surface area contributed by atoms with Crippen LogP contribution in [0.4, 0.5) is 0 Å². The number of carbonyl (C=O) groups is 2. The normalized spacial score (nSPS) is 11.9. The third-order valence-corrected chi connectivity index (χ3v) is 3.83. The van der Waals surface area contributed by atoms with Crippen LogP contribution in [0.1, 0.15) is 42.0 Å². The van der Waals surface area contributed by atoms with Gasteiger partial charge in [-0.1, -0.05) is 17.7 Å². The number of methoxy groups -OCH3 is 1. The molecule has 1 unspecified atom stereocenters. The Morgan fingerprint density at radius 2 is 1.73 bits per heavy atom. The second-order valence-electron chi connectivity index (χ2n) is 5.65. The van der Waals surface area contributed by atoms with Crippen molar-refractivity contribution in [3.05, 3.63) is 34.4 Å². The van der Waals surface area contributed by atoms with Crippen LogP contribution < -0.4 is 0 Å². The van der Waals surface area contributed by atoms with Crippen LogP contribution in [-0.4, -0.2) is 25.7 Å². The summed E-state index contributed by atoms with van der Waals surface area (Å²) in [7, 11) is 1.38. The number of rotatable bonds is 7. The van der Waals surface area contributed by atoms with Gasteiger partial charge >= 0.3 is 11.9 Å². The predicted octanol–water partition coefficient (Wildman–Crippen LogP) is 3.29. The van der Waals surface area contributed by atoms with Crippen molar-refractivity contribution >= 4 is 11.9 Å². The van der Waals surface area contributed by atoms with Gasteiger partial charge in [0.25, 0.3) is 0 Å². The molecule has 0 bridgehead atoms. The molecular formula is C18H26O4. The fourth-order valence-electron chi connectivity index (χ4n) is 2.77. The largest absolute Gasteiger partial charge is 0.469 e. The molecule has 1 rings (SSSR count). The topological polar surface area (TPSA) is 52.6 Å². The van der Waals surface area contributed by atoms with Gasteiger partial charge in [0.05, 0.1) is 19.6 Å². The van der Waals surface area contributed by atoms with E-state index in [2.05, 4.69) is 32.9 Å². The van der Waals surface area contributed by atoms with Crippen LogP contribution in [0, 0.1) is 26.7 Å². The highest BCUT2D eigenvalue weighted by atomic mass is 16.5. The molecule has 0 saturated heterocycles. The first-order valence-corrected chi connectivity index (χ1v) is 7.69. The van der Waals surface area contributed by atoms with Crippen molar-refractivity contribution in [2.45, 2.75) is 47.0 Å². The number of aryl methyl sites for hydroxylation is 3. The monoisotopic (exact) mass is 306 g/mol. The van der Waals surface area contributed by atoms with E-state index < -0.39 is 0 Å². The summed E-state index contributed by atoms with van der Waals surface area (Å²) in [5.41, 5.74) is 4.70.